The van der Waals surface area contributed by atoms with Gasteiger partial charge < -0.3 is 9.84 Å². The quantitative estimate of drug-likeness (QED) is 0.307. The van der Waals surface area contributed by atoms with Crippen LogP contribution in [0.1, 0.15) is 58.3 Å². The van der Waals surface area contributed by atoms with Gasteiger partial charge in [-0.15, -0.1) is 5.73 Å². The zero-order chi connectivity index (χ0) is 14.9. The van der Waals surface area contributed by atoms with Gasteiger partial charge in [-0.1, -0.05) is 44.8 Å². The zero-order valence-corrected chi connectivity index (χ0v) is 12.6. The van der Waals surface area contributed by atoms with Gasteiger partial charge in [0, 0.05) is 0 Å². The van der Waals surface area contributed by atoms with Gasteiger partial charge in [-0.2, -0.15) is 0 Å². The normalized spacial score (nSPS) is 10.4. The highest BCUT2D eigenvalue weighted by Gasteiger charge is 1.88. The minimum atomic E-state index is -0.841. The molecule has 0 rings (SSSR count). The zero-order valence-electron chi connectivity index (χ0n) is 12.6. The maximum atomic E-state index is 10.2. The van der Waals surface area contributed by atoms with Crippen LogP contribution in [-0.2, 0) is 9.53 Å². The third-order valence-corrected chi connectivity index (χ3v) is 2.78. The molecule has 0 saturated heterocycles. The highest BCUT2D eigenvalue weighted by molar-refractivity contribution is 5.68. The molecule has 0 radical (unpaired) electrons. The summed E-state index contributed by atoms with van der Waals surface area (Å²) in [5, 5.41) is 8.39. The van der Waals surface area contributed by atoms with Crippen LogP contribution in [-0.4, -0.2) is 24.3 Å². The molecule has 0 aromatic heterocycles. The molecule has 114 valence electrons. The van der Waals surface area contributed by atoms with Crippen LogP contribution in [0.3, 0.4) is 0 Å². The van der Waals surface area contributed by atoms with E-state index in [0.29, 0.717) is 13.2 Å². The van der Waals surface area contributed by atoms with Crippen LogP contribution in [0, 0.1) is 0 Å². The first-order valence-corrected chi connectivity index (χ1v) is 7.61. The topological polar surface area (TPSA) is 46.5 Å². The van der Waals surface area contributed by atoms with Crippen LogP contribution in [0.5, 0.6) is 0 Å². The Bertz CT molecular complexity index is 312. The van der Waals surface area contributed by atoms with E-state index in [4.69, 9.17) is 9.84 Å². The summed E-state index contributed by atoms with van der Waals surface area (Å²) >= 11 is 0. The fraction of sp³-hybridized carbons (Fsp3) is 0.647. The maximum absolute atomic E-state index is 10.2. The Morgan fingerprint density at radius 3 is 2.60 bits per heavy atom. The number of hydrogen-bond donors (Lipinski definition) is 1. The van der Waals surface area contributed by atoms with Gasteiger partial charge in [-0.25, -0.2) is 0 Å². The van der Waals surface area contributed by atoms with E-state index in [-0.39, 0.29) is 6.42 Å². The van der Waals surface area contributed by atoms with Crippen molar-refractivity contribution in [1.29, 1.82) is 0 Å². The Labute approximate surface area is 123 Å². The first kappa shape index (κ1) is 18.7. The molecule has 0 saturated carbocycles. The molecule has 0 aromatic rings. The highest BCUT2D eigenvalue weighted by Crippen LogP contribution is 2.05. The van der Waals surface area contributed by atoms with E-state index >= 15 is 0 Å². The van der Waals surface area contributed by atoms with E-state index in [1.807, 2.05) is 0 Å². The van der Waals surface area contributed by atoms with Crippen molar-refractivity contribution < 1.29 is 14.6 Å². The van der Waals surface area contributed by atoms with Crippen molar-refractivity contribution >= 4 is 5.97 Å². The summed E-state index contributed by atoms with van der Waals surface area (Å²) in [5.74, 6) is -0.841. The average molecular weight is 280 g/mol. The van der Waals surface area contributed by atoms with Gasteiger partial charge in [-0.3, -0.25) is 4.79 Å². The number of rotatable bonds is 13. The average Bonchev–Trinajstić information content (AvgIpc) is 2.43. The van der Waals surface area contributed by atoms with E-state index in [1.54, 1.807) is 6.08 Å². The predicted octanol–water partition coefficient (Wildman–Crippen LogP) is 4.50. The Hall–Kier alpha value is -1.31. The van der Waals surface area contributed by atoms with Crippen molar-refractivity contribution in [3.63, 3.8) is 0 Å². The Morgan fingerprint density at radius 1 is 1.10 bits per heavy atom. The second kappa shape index (κ2) is 15.7. The second-order valence-electron chi connectivity index (χ2n) is 4.71. The molecule has 0 aliphatic carbocycles. The number of ether oxygens (including phenoxy) is 1. The van der Waals surface area contributed by atoms with Crippen LogP contribution in [0.25, 0.3) is 0 Å². The van der Waals surface area contributed by atoms with E-state index in [1.165, 1.54) is 44.6 Å². The largest absolute Gasteiger partial charge is 0.481 e. The molecule has 0 aromatic carbocycles. The first-order valence-electron chi connectivity index (χ1n) is 7.61. The molecule has 3 nitrogen and oxygen atoms in total. The van der Waals surface area contributed by atoms with E-state index in [9.17, 15) is 4.79 Å². The van der Waals surface area contributed by atoms with E-state index < -0.39 is 5.97 Å². The van der Waals surface area contributed by atoms with E-state index in [2.05, 4.69) is 24.8 Å². The van der Waals surface area contributed by atoms with Crippen molar-refractivity contribution in [3.05, 3.63) is 30.0 Å². The van der Waals surface area contributed by atoms with Crippen LogP contribution in [0.15, 0.2) is 30.0 Å². The molecule has 0 aliphatic heterocycles. The molecule has 1 N–H and O–H groups in total. The van der Waals surface area contributed by atoms with Crippen LogP contribution in [0.4, 0.5) is 0 Å². The third-order valence-electron chi connectivity index (χ3n) is 2.78. The van der Waals surface area contributed by atoms with Gasteiger partial charge >= 0.3 is 5.97 Å². The summed E-state index contributed by atoms with van der Waals surface area (Å²) in [7, 11) is 0. The SMILES string of the molecule is CCCCCCCC=CCCOCC=C=CCC(=O)O. The maximum Gasteiger partial charge on any atom is 0.307 e. The fourth-order valence-electron chi connectivity index (χ4n) is 1.67. The molecule has 0 fully saturated rings. The van der Waals surface area contributed by atoms with Gasteiger partial charge in [0.1, 0.15) is 0 Å². The number of carboxylic acids is 1. The molecular weight excluding hydrogens is 252 g/mol. The second-order valence-corrected chi connectivity index (χ2v) is 4.71. The van der Waals surface area contributed by atoms with Crippen LogP contribution >= 0.6 is 0 Å². The summed E-state index contributed by atoms with van der Waals surface area (Å²) in [6.07, 6.45) is 16.3. The van der Waals surface area contributed by atoms with Crippen molar-refractivity contribution in [3.8, 4) is 0 Å². The van der Waals surface area contributed by atoms with Crippen LogP contribution in [0.2, 0.25) is 0 Å². The van der Waals surface area contributed by atoms with E-state index in [0.717, 1.165) is 6.42 Å². The number of carboxylic acid groups (broad SMARTS) is 1. The van der Waals surface area contributed by atoms with Gasteiger partial charge in [0.05, 0.1) is 19.6 Å². The van der Waals surface area contributed by atoms with Gasteiger partial charge in [0.15, 0.2) is 0 Å². The lowest BCUT2D eigenvalue weighted by molar-refractivity contribution is -0.135. The minimum absolute atomic E-state index is 0.0114. The number of allylic oxidation sites excluding steroid dienone is 1. The molecule has 0 unspecified atom stereocenters. The minimum Gasteiger partial charge on any atom is -0.481 e. The molecule has 0 amide bonds. The van der Waals surface area contributed by atoms with Crippen LogP contribution < -0.4 is 0 Å². The number of aliphatic carboxylic acids is 1. The number of hydrogen-bond acceptors (Lipinski definition) is 2. The molecule has 3 heteroatoms. The smallest absolute Gasteiger partial charge is 0.307 e. The summed E-state index contributed by atoms with van der Waals surface area (Å²) in [6, 6.07) is 0. The standard InChI is InChI=1S/C17H28O3/c1-2-3-4-5-6-7-8-9-12-15-20-16-13-10-11-14-17(18)19/h8-9,11,13H,2-7,12,14-16H2,1H3,(H,18,19). The lowest BCUT2D eigenvalue weighted by Gasteiger charge is -1.97. The fourth-order valence-corrected chi connectivity index (χ4v) is 1.67. The molecule has 0 heterocycles. The molecule has 0 atom stereocenters. The number of carbonyl (C=O) groups is 1. The molecule has 0 aliphatic rings. The van der Waals surface area contributed by atoms with Gasteiger partial charge in [0.2, 0.25) is 0 Å². The lowest BCUT2D eigenvalue weighted by atomic mass is 10.1. The molecular formula is C17H28O3. The summed E-state index contributed by atoms with van der Waals surface area (Å²) < 4.78 is 5.36. The molecule has 0 spiro atoms. The predicted molar refractivity (Wildman–Crippen MR) is 82.9 cm³/mol. The summed E-state index contributed by atoms with van der Waals surface area (Å²) in [5.41, 5.74) is 2.78. The molecule has 0 bridgehead atoms. The van der Waals surface area contributed by atoms with Crippen molar-refractivity contribution in [2.75, 3.05) is 13.2 Å². The number of unbranched alkanes of at least 4 members (excludes halogenated alkanes) is 5. The Kier molecular flexibility index (Phi) is 14.7. The summed E-state index contributed by atoms with van der Waals surface area (Å²) in [6.45, 7) is 3.42. The van der Waals surface area contributed by atoms with Crippen molar-refractivity contribution in [2.24, 2.45) is 0 Å². The Morgan fingerprint density at radius 2 is 1.85 bits per heavy atom. The highest BCUT2D eigenvalue weighted by atomic mass is 16.5. The first-order chi connectivity index (χ1) is 9.77. The summed E-state index contributed by atoms with van der Waals surface area (Å²) in [4.78, 5) is 10.2. The Balaban J connectivity index is 3.27. The lowest BCUT2D eigenvalue weighted by Crippen LogP contribution is -1.92. The van der Waals surface area contributed by atoms with Gasteiger partial charge in [0.25, 0.3) is 0 Å². The monoisotopic (exact) mass is 280 g/mol. The molecule has 20 heavy (non-hydrogen) atoms. The van der Waals surface area contributed by atoms with Gasteiger partial charge in [-0.05, 0) is 31.4 Å². The third kappa shape index (κ3) is 16.7. The van der Waals surface area contributed by atoms with Crippen molar-refractivity contribution in [1.82, 2.24) is 0 Å². The van der Waals surface area contributed by atoms with Crippen molar-refractivity contribution in [2.45, 2.75) is 58.3 Å².